The number of nitrogens with zero attached hydrogens (tertiary/aromatic N) is 4. The molecule has 1 aliphatic rings. The van der Waals surface area contributed by atoms with E-state index in [4.69, 9.17) is 11.6 Å². The lowest BCUT2D eigenvalue weighted by atomic mass is 10.1. The van der Waals surface area contributed by atoms with E-state index in [0.717, 1.165) is 18.8 Å². The first-order chi connectivity index (χ1) is 14.0. The van der Waals surface area contributed by atoms with Gasteiger partial charge in [-0.3, -0.25) is 4.79 Å². The quantitative estimate of drug-likeness (QED) is 0.684. The molecule has 2 heterocycles. The fourth-order valence-corrected chi connectivity index (χ4v) is 3.72. The summed E-state index contributed by atoms with van der Waals surface area (Å²) in [6.45, 7) is 7.05. The van der Waals surface area contributed by atoms with E-state index in [1.165, 1.54) is 16.8 Å². The summed E-state index contributed by atoms with van der Waals surface area (Å²) in [6.07, 6.45) is 0. The van der Waals surface area contributed by atoms with Gasteiger partial charge in [0.25, 0.3) is 5.91 Å². The van der Waals surface area contributed by atoms with Crippen LogP contribution >= 0.6 is 11.6 Å². The summed E-state index contributed by atoms with van der Waals surface area (Å²) >= 11 is 6.03. The SMILES string of the molecule is Cc1ccc(C)c(N2CCN(C(=O)c3n[nH]nc3Nc3cccc(Cl)c3)CC2)c1. The summed E-state index contributed by atoms with van der Waals surface area (Å²) in [7, 11) is 0. The van der Waals surface area contributed by atoms with Crippen molar-refractivity contribution in [2.75, 3.05) is 36.4 Å². The maximum atomic E-state index is 13.0. The number of carbonyl (C=O) groups is 1. The molecule has 0 atom stereocenters. The Labute approximate surface area is 174 Å². The first kappa shape index (κ1) is 19.3. The fourth-order valence-electron chi connectivity index (χ4n) is 3.53. The smallest absolute Gasteiger partial charge is 0.278 e. The van der Waals surface area contributed by atoms with Crippen LogP contribution in [0.4, 0.5) is 17.2 Å². The highest BCUT2D eigenvalue weighted by molar-refractivity contribution is 6.30. The largest absolute Gasteiger partial charge is 0.368 e. The number of hydrogen-bond donors (Lipinski definition) is 2. The third-order valence-electron chi connectivity index (χ3n) is 5.11. The van der Waals surface area contributed by atoms with Crippen molar-refractivity contribution >= 4 is 34.7 Å². The minimum absolute atomic E-state index is 0.135. The first-order valence-electron chi connectivity index (χ1n) is 9.56. The summed E-state index contributed by atoms with van der Waals surface area (Å²) in [5.74, 6) is 0.262. The number of benzene rings is 2. The summed E-state index contributed by atoms with van der Waals surface area (Å²) in [5.41, 5.74) is 4.76. The number of hydrogen-bond acceptors (Lipinski definition) is 5. The predicted molar refractivity (Wildman–Crippen MR) is 115 cm³/mol. The van der Waals surface area contributed by atoms with Crippen LogP contribution in [0.25, 0.3) is 0 Å². The Balaban J connectivity index is 1.44. The third-order valence-corrected chi connectivity index (χ3v) is 5.35. The van der Waals surface area contributed by atoms with Gasteiger partial charge in [0.1, 0.15) is 0 Å². The molecule has 29 heavy (non-hydrogen) atoms. The third kappa shape index (κ3) is 4.19. The number of carbonyl (C=O) groups excluding carboxylic acids is 1. The number of aryl methyl sites for hydroxylation is 2. The summed E-state index contributed by atoms with van der Waals surface area (Å²) in [4.78, 5) is 17.2. The van der Waals surface area contributed by atoms with Crippen molar-refractivity contribution in [2.24, 2.45) is 0 Å². The zero-order valence-corrected chi connectivity index (χ0v) is 17.2. The lowest BCUT2D eigenvalue weighted by Gasteiger charge is -2.36. The lowest BCUT2D eigenvalue weighted by Crippen LogP contribution is -2.49. The van der Waals surface area contributed by atoms with E-state index in [0.29, 0.717) is 23.9 Å². The lowest BCUT2D eigenvalue weighted by molar-refractivity contribution is 0.0742. The molecule has 2 aromatic carbocycles. The molecule has 0 spiro atoms. The molecular weight excluding hydrogens is 388 g/mol. The van der Waals surface area contributed by atoms with Gasteiger partial charge in [0.15, 0.2) is 11.5 Å². The zero-order valence-electron chi connectivity index (χ0n) is 16.4. The zero-order chi connectivity index (χ0) is 20.4. The van der Waals surface area contributed by atoms with Crippen LogP contribution in [0.3, 0.4) is 0 Å². The molecule has 0 bridgehead atoms. The van der Waals surface area contributed by atoms with Crippen molar-refractivity contribution in [3.8, 4) is 0 Å². The molecule has 4 rings (SSSR count). The molecule has 3 aromatic rings. The molecule has 2 N–H and O–H groups in total. The number of anilines is 3. The van der Waals surface area contributed by atoms with Crippen LogP contribution in [0.2, 0.25) is 5.02 Å². The van der Waals surface area contributed by atoms with Crippen molar-refractivity contribution in [1.29, 1.82) is 0 Å². The van der Waals surface area contributed by atoms with Gasteiger partial charge < -0.3 is 15.1 Å². The van der Waals surface area contributed by atoms with Crippen molar-refractivity contribution in [3.05, 3.63) is 64.3 Å². The van der Waals surface area contributed by atoms with E-state index >= 15 is 0 Å². The second-order valence-corrected chi connectivity index (χ2v) is 7.66. The average Bonchev–Trinajstić information content (AvgIpc) is 3.17. The molecule has 0 saturated carbocycles. The molecular formula is C21H23ClN6O. The minimum atomic E-state index is -0.135. The molecule has 1 fully saturated rings. The second-order valence-electron chi connectivity index (χ2n) is 7.23. The molecule has 1 saturated heterocycles. The standard InChI is InChI=1S/C21H23ClN6O/c1-14-6-7-15(2)18(12-14)27-8-10-28(11-9-27)21(29)19-20(25-26-24-19)23-17-5-3-4-16(22)13-17/h3-7,12-13H,8-11H2,1-2H3,(H2,23,24,25,26). The summed E-state index contributed by atoms with van der Waals surface area (Å²) < 4.78 is 0. The summed E-state index contributed by atoms with van der Waals surface area (Å²) in [6, 6.07) is 13.7. The van der Waals surface area contributed by atoms with Crippen molar-refractivity contribution in [2.45, 2.75) is 13.8 Å². The van der Waals surface area contributed by atoms with Crippen molar-refractivity contribution in [1.82, 2.24) is 20.3 Å². The van der Waals surface area contributed by atoms with Gasteiger partial charge in [-0.15, -0.1) is 10.2 Å². The minimum Gasteiger partial charge on any atom is -0.368 e. The molecule has 0 unspecified atom stereocenters. The number of nitrogens with one attached hydrogen (secondary N) is 2. The van der Waals surface area contributed by atoms with E-state index in [-0.39, 0.29) is 11.6 Å². The molecule has 150 valence electrons. The van der Waals surface area contributed by atoms with Crippen LogP contribution in [0.15, 0.2) is 42.5 Å². The Morgan fingerprint density at radius 2 is 1.86 bits per heavy atom. The number of aromatic amines is 1. The maximum Gasteiger partial charge on any atom is 0.278 e. The Kier molecular flexibility index (Phi) is 5.40. The predicted octanol–water partition coefficient (Wildman–Crippen LogP) is 3.78. The molecule has 0 aliphatic carbocycles. The van der Waals surface area contributed by atoms with Crippen LogP contribution < -0.4 is 10.2 Å². The molecule has 1 aliphatic heterocycles. The molecule has 8 heteroatoms. The van der Waals surface area contributed by atoms with E-state index in [1.807, 2.05) is 17.0 Å². The normalized spacial score (nSPS) is 14.2. The van der Waals surface area contributed by atoms with Crippen molar-refractivity contribution in [3.63, 3.8) is 0 Å². The van der Waals surface area contributed by atoms with Gasteiger partial charge in [0, 0.05) is 42.6 Å². The van der Waals surface area contributed by atoms with Crippen LogP contribution in [-0.4, -0.2) is 52.4 Å². The van der Waals surface area contributed by atoms with E-state index < -0.39 is 0 Å². The Morgan fingerprint density at radius 3 is 2.62 bits per heavy atom. The second kappa shape index (κ2) is 8.13. The van der Waals surface area contributed by atoms with Crippen LogP contribution in [0, 0.1) is 13.8 Å². The monoisotopic (exact) mass is 410 g/mol. The van der Waals surface area contributed by atoms with Crippen LogP contribution in [0.5, 0.6) is 0 Å². The van der Waals surface area contributed by atoms with Gasteiger partial charge in [0.05, 0.1) is 0 Å². The van der Waals surface area contributed by atoms with Gasteiger partial charge >= 0.3 is 0 Å². The van der Waals surface area contributed by atoms with Gasteiger partial charge in [-0.1, -0.05) is 29.8 Å². The number of rotatable bonds is 4. The Morgan fingerprint density at radius 1 is 1.07 bits per heavy atom. The van der Waals surface area contributed by atoms with Gasteiger partial charge in [-0.25, -0.2) is 0 Å². The van der Waals surface area contributed by atoms with Crippen molar-refractivity contribution < 1.29 is 4.79 Å². The topological polar surface area (TPSA) is 77.2 Å². The first-order valence-corrected chi connectivity index (χ1v) is 9.94. The van der Waals surface area contributed by atoms with Gasteiger partial charge in [-0.2, -0.15) is 5.21 Å². The van der Waals surface area contributed by atoms with Crippen LogP contribution in [-0.2, 0) is 0 Å². The molecule has 7 nitrogen and oxygen atoms in total. The van der Waals surface area contributed by atoms with E-state index in [2.05, 4.69) is 57.7 Å². The number of H-pyrrole nitrogens is 1. The number of halogens is 1. The highest BCUT2D eigenvalue weighted by Gasteiger charge is 2.27. The van der Waals surface area contributed by atoms with Gasteiger partial charge in [-0.05, 0) is 49.2 Å². The number of amides is 1. The average molecular weight is 411 g/mol. The number of piperazine rings is 1. The maximum absolute atomic E-state index is 13.0. The molecule has 1 amide bonds. The van der Waals surface area contributed by atoms with E-state index in [1.54, 1.807) is 12.1 Å². The Bertz CT molecular complexity index is 1030. The fraction of sp³-hybridized carbons (Fsp3) is 0.286. The highest BCUT2D eigenvalue weighted by atomic mass is 35.5. The highest BCUT2D eigenvalue weighted by Crippen LogP contribution is 2.24. The van der Waals surface area contributed by atoms with E-state index in [9.17, 15) is 4.79 Å². The molecule has 0 radical (unpaired) electrons. The van der Waals surface area contributed by atoms with Crippen LogP contribution in [0.1, 0.15) is 21.6 Å². The van der Waals surface area contributed by atoms with Gasteiger partial charge in [0.2, 0.25) is 0 Å². The summed E-state index contributed by atoms with van der Waals surface area (Å²) in [5, 5.41) is 14.4. The Hall–Kier alpha value is -3.06. The number of aromatic nitrogens is 3. The molecule has 1 aromatic heterocycles.